The number of hydrogen-bond acceptors (Lipinski definition) is 2. The molecule has 0 aliphatic carbocycles. The Morgan fingerprint density at radius 3 is 2.33 bits per heavy atom. The minimum atomic E-state index is -0.897. The molecule has 0 aromatic heterocycles. The monoisotopic (exact) mass is 208 g/mol. The number of aromatic carboxylic acids is 1. The van der Waals surface area contributed by atoms with Gasteiger partial charge in [0.25, 0.3) is 0 Å². The summed E-state index contributed by atoms with van der Waals surface area (Å²) in [4.78, 5) is 10.9. The lowest BCUT2D eigenvalue weighted by atomic mass is 10.0. The molecule has 0 radical (unpaired) electrons. The van der Waals surface area contributed by atoms with Crippen LogP contribution in [-0.4, -0.2) is 17.2 Å². The Hall–Kier alpha value is -1.51. The first-order valence-electron chi connectivity index (χ1n) is 4.93. The van der Waals surface area contributed by atoms with Crippen LogP contribution in [0, 0.1) is 13.8 Å². The van der Waals surface area contributed by atoms with Crippen LogP contribution in [0.15, 0.2) is 12.1 Å². The van der Waals surface area contributed by atoms with Gasteiger partial charge in [-0.15, -0.1) is 0 Å². The Labute approximate surface area is 89.7 Å². The molecule has 82 valence electrons. The van der Waals surface area contributed by atoms with E-state index in [2.05, 4.69) is 0 Å². The maximum Gasteiger partial charge on any atom is 0.335 e. The van der Waals surface area contributed by atoms with Crippen LogP contribution in [0.1, 0.15) is 35.3 Å². The molecule has 3 nitrogen and oxygen atoms in total. The maximum absolute atomic E-state index is 10.9. The number of carboxylic acids is 1. The minimum absolute atomic E-state index is 0.0961. The van der Waals surface area contributed by atoms with E-state index < -0.39 is 5.97 Å². The lowest BCUT2D eigenvalue weighted by Gasteiger charge is -2.15. The standard InChI is InChI=1S/C12H16O3/c1-7(2)15-11-6-5-10(12(13)14)8(3)9(11)4/h5-7H,1-4H3,(H,13,14). The van der Waals surface area contributed by atoms with E-state index in [0.29, 0.717) is 5.56 Å². The zero-order valence-electron chi connectivity index (χ0n) is 9.50. The number of ether oxygens (including phenoxy) is 1. The Balaban J connectivity index is 3.15. The van der Waals surface area contributed by atoms with Crippen molar-refractivity contribution in [2.45, 2.75) is 33.8 Å². The van der Waals surface area contributed by atoms with Crippen molar-refractivity contribution in [2.75, 3.05) is 0 Å². The molecule has 0 spiro atoms. The predicted octanol–water partition coefficient (Wildman–Crippen LogP) is 2.79. The molecule has 15 heavy (non-hydrogen) atoms. The van der Waals surface area contributed by atoms with Gasteiger partial charge in [-0.25, -0.2) is 4.79 Å². The van der Waals surface area contributed by atoms with Gasteiger partial charge in [0.2, 0.25) is 0 Å². The van der Waals surface area contributed by atoms with Crippen molar-refractivity contribution in [1.29, 1.82) is 0 Å². The first kappa shape index (κ1) is 11.6. The largest absolute Gasteiger partial charge is 0.491 e. The topological polar surface area (TPSA) is 46.5 Å². The second kappa shape index (κ2) is 4.34. The highest BCUT2D eigenvalue weighted by atomic mass is 16.5. The van der Waals surface area contributed by atoms with Gasteiger partial charge in [0.1, 0.15) is 5.75 Å². The van der Waals surface area contributed by atoms with Crippen molar-refractivity contribution in [3.8, 4) is 5.75 Å². The Morgan fingerprint density at radius 1 is 1.27 bits per heavy atom. The summed E-state index contributed by atoms with van der Waals surface area (Å²) >= 11 is 0. The number of hydrogen-bond donors (Lipinski definition) is 1. The second-order valence-electron chi connectivity index (χ2n) is 3.83. The minimum Gasteiger partial charge on any atom is -0.491 e. The van der Waals surface area contributed by atoms with E-state index in [1.54, 1.807) is 19.1 Å². The molecule has 1 aromatic rings. The zero-order valence-corrected chi connectivity index (χ0v) is 9.50. The van der Waals surface area contributed by atoms with Gasteiger partial charge in [0.15, 0.2) is 0 Å². The summed E-state index contributed by atoms with van der Waals surface area (Å²) in [7, 11) is 0. The van der Waals surface area contributed by atoms with Gasteiger partial charge in [-0.2, -0.15) is 0 Å². The molecule has 1 rings (SSSR count). The third-order valence-electron chi connectivity index (χ3n) is 2.33. The van der Waals surface area contributed by atoms with Crippen LogP contribution >= 0.6 is 0 Å². The Morgan fingerprint density at radius 2 is 1.87 bits per heavy atom. The predicted molar refractivity (Wildman–Crippen MR) is 58.6 cm³/mol. The fraction of sp³-hybridized carbons (Fsp3) is 0.417. The van der Waals surface area contributed by atoms with Crippen molar-refractivity contribution >= 4 is 5.97 Å². The summed E-state index contributed by atoms with van der Waals surface area (Å²) < 4.78 is 5.57. The molecule has 0 aliphatic rings. The van der Waals surface area contributed by atoms with Crippen molar-refractivity contribution in [3.63, 3.8) is 0 Å². The average Bonchev–Trinajstić information content (AvgIpc) is 2.12. The van der Waals surface area contributed by atoms with Crippen LogP contribution in [0.2, 0.25) is 0 Å². The summed E-state index contributed by atoms with van der Waals surface area (Å²) in [5.74, 6) is -0.140. The summed E-state index contributed by atoms with van der Waals surface area (Å²) in [5.41, 5.74) is 1.99. The number of rotatable bonds is 3. The van der Waals surface area contributed by atoms with E-state index in [1.165, 1.54) is 0 Å². The quantitative estimate of drug-likeness (QED) is 0.830. The molecule has 0 bridgehead atoms. The Kier molecular flexibility index (Phi) is 3.35. The molecule has 3 heteroatoms. The third-order valence-corrected chi connectivity index (χ3v) is 2.33. The van der Waals surface area contributed by atoms with E-state index in [0.717, 1.165) is 16.9 Å². The lowest BCUT2D eigenvalue weighted by Crippen LogP contribution is -2.09. The summed E-state index contributed by atoms with van der Waals surface area (Å²) in [6.45, 7) is 7.56. The van der Waals surface area contributed by atoms with Crippen LogP contribution in [0.3, 0.4) is 0 Å². The lowest BCUT2D eigenvalue weighted by molar-refractivity contribution is 0.0696. The molecular formula is C12H16O3. The van der Waals surface area contributed by atoms with Gasteiger partial charge in [-0.05, 0) is 51.0 Å². The van der Waals surface area contributed by atoms with E-state index in [-0.39, 0.29) is 6.10 Å². The van der Waals surface area contributed by atoms with Crippen molar-refractivity contribution in [2.24, 2.45) is 0 Å². The molecule has 0 unspecified atom stereocenters. The number of carbonyl (C=O) groups is 1. The first-order valence-corrected chi connectivity index (χ1v) is 4.93. The van der Waals surface area contributed by atoms with E-state index >= 15 is 0 Å². The van der Waals surface area contributed by atoms with Crippen LogP contribution < -0.4 is 4.74 Å². The average molecular weight is 208 g/mol. The molecular weight excluding hydrogens is 192 g/mol. The van der Waals surface area contributed by atoms with Crippen molar-refractivity contribution in [3.05, 3.63) is 28.8 Å². The first-order chi connectivity index (χ1) is 6.93. The summed E-state index contributed by atoms with van der Waals surface area (Å²) in [6.07, 6.45) is 0.0961. The van der Waals surface area contributed by atoms with Crippen LogP contribution in [-0.2, 0) is 0 Å². The fourth-order valence-electron chi connectivity index (χ4n) is 1.41. The van der Waals surface area contributed by atoms with Gasteiger partial charge >= 0.3 is 5.97 Å². The molecule has 0 heterocycles. The van der Waals surface area contributed by atoms with Gasteiger partial charge in [-0.1, -0.05) is 0 Å². The fourth-order valence-corrected chi connectivity index (χ4v) is 1.41. The van der Waals surface area contributed by atoms with Gasteiger partial charge in [0, 0.05) is 0 Å². The highest BCUT2D eigenvalue weighted by Gasteiger charge is 2.12. The Bertz CT molecular complexity index is 381. The summed E-state index contributed by atoms with van der Waals surface area (Å²) in [6, 6.07) is 3.30. The van der Waals surface area contributed by atoms with E-state index in [4.69, 9.17) is 9.84 Å². The molecule has 1 N–H and O–H groups in total. The molecule has 0 atom stereocenters. The smallest absolute Gasteiger partial charge is 0.335 e. The molecule has 0 saturated heterocycles. The molecule has 0 saturated carbocycles. The van der Waals surface area contributed by atoms with E-state index in [9.17, 15) is 4.79 Å². The van der Waals surface area contributed by atoms with Crippen LogP contribution in [0.4, 0.5) is 0 Å². The zero-order chi connectivity index (χ0) is 11.6. The van der Waals surface area contributed by atoms with Gasteiger partial charge < -0.3 is 9.84 Å². The van der Waals surface area contributed by atoms with Crippen molar-refractivity contribution < 1.29 is 14.6 Å². The van der Waals surface area contributed by atoms with Crippen molar-refractivity contribution in [1.82, 2.24) is 0 Å². The number of benzene rings is 1. The second-order valence-corrected chi connectivity index (χ2v) is 3.83. The molecule has 0 amide bonds. The number of carboxylic acid groups (broad SMARTS) is 1. The normalized spacial score (nSPS) is 10.5. The van der Waals surface area contributed by atoms with Gasteiger partial charge in [-0.3, -0.25) is 0 Å². The van der Waals surface area contributed by atoms with Crippen LogP contribution in [0.5, 0.6) is 5.75 Å². The molecule has 0 fully saturated rings. The maximum atomic E-state index is 10.9. The molecule has 1 aromatic carbocycles. The third kappa shape index (κ3) is 2.49. The van der Waals surface area contributed by atoms with Gasteiger partial charge in [0.05, 0.1) is 11.7 Å². The van der Waals surface area contributed by atoms with E-state index in [1.807, 2.05) is 20.8 Å². The molecule has 0 aliphatic heterocycles. The highest BCUT2D eigenvalue weighted by Crippen LogP contribution is 2.25. The van der Waals surface area contributed by atoms with Crippen LogP contribution in [0.25, 0.3) is 0 Å². The summed E-state index contributed by atoms with van der Waals surface area (Å²) in [5, 5.41) is 8.92. The SMILES string of the molecule is Cc1c(OC(C)C)ccc(C(=O)O)c1C. The highest BCUT2D eigenvalue weighted by molar-refractivity contribution is 5.90.